The average Bonchev–Trinajstić information content (AvgIpc) is 3.07. The summed E-state index contributed by atoms with van der Waals surface area (Å²) in [5, 5.41) is 14.5. The normalized spacial score (nSPS) is 14.0. The van der Waals surface area contributed by atoms with E-state index in [9.17, 15) is 9.90 Å². The standard InChI is InChI=1S/C21H23NO4/c1-20(2,3)21(22-19(23)24,17-11-12-18(25-4)26-17)16-10-9-14-7-5-6-8-15(14)13-16/h5-13,22H,1-4H3,(H,23,24). The molecule has 2 aromatic carbocycles. The lowest BCUT2D eigenvalue weighted by molar-refractivity contribution is 0.123. The van der Waals surface area contributed by atoms with Crippen molar-refractivity contribution in [3.05, 3.63) is 65.9 Å². The highest BCUT2D eigenvalue weighted by Gasteiger charge is 2.49. The van der Waals surface area contributed by atoms with Gasteiger partial charge in [0.15, 0.2) is 0 Å². The van der Waals surface area contributed by atoms with Gasteiger partial charge in [-0.2, -0.15) is 0 Å². The van der Waals surface area contributed by atoms with Crippen LogP contribution < -0.4 is 10.1 Å². The summed E-state index contributed by atoms with van der Waals surface area (Å²) >= 11 is 0. The number of carbonyl (C=O) groups is 1. The van der Waals surface area contributed by atoms with Crippen LogP contribution in [0.1, 0.15) is 32.1 Å². The number of rotatable bonds is 4. The molecule has 1 heterocycles. The van der Waals surface area contributed by atoms with Crippen molar-refractivity contribution >= 4 is 16.9 Å². The Kier molecular flexibility index (Phi) is 4.40. The van der Waals surface area contributed by atoms with Crippen LogP contribution in [-0.2, 0) is 5.54 Å². The Morgan fingerprint density at radius 1 is 1.04 bits per heavy atom. The molecule has 5 nitrogen and oxygen atoms in total. The first kappa shape index (κ1) is 17.9. The Labute approximate surface area is 152 Å². The molecule has 1 unspecified atom stereocenters. The maximum Gasteiger partial charge on any atom is 0.405 e. The van der Waals surface area contributed by atoms with Crippen molar-refractivity contribution in [2.24, 2.45) is 5.41 Å². The number of fused-ring (bicyclic) bond motifs is 1. The maximum atomic E-state index is 11.8. The monoisotopic (exact) mass is 353 g/mol. The lowest BCUT2D eigenvalue weighted by atomic mass is 9.67. The number of furan rings is 1. The van der Waals surface area contributed by atoms with Gasteiger partial charge >= 0.3 is 6.09 Å². The van der Waals surface area contributed by atoms with Gasteiger partial charge in [-0.3, -0.25) is 0 Å². The molecule has 2 N–H and O–H groups in total. The van der Waals surface area contributed by atoms with Crippen molar-refractivity contribution in [1.82, 2.24) is 5.32 Å². The minimum atomic E-state index is -1.12. The maximum absolute atomic E-state index is 11.8. The van der Waals surface area contributed by atoms with Crippen molar-refractivity contribution < 1.29 is 19.1 Å². The first-order valence-corrected chi connectivity index (χ1v) is 8.42. The predicted molar refractivity (Wildman–Crippen MR) is 101 cm³/mol. The number of amides is 1. The summed E-state index contributed by atoms with van der Waals surface area (Å²) in [7, 11) is 1.52. The van der Waals surface area contributed by atoms with Crippen LogP contribution >= 0.6 is 0 Å². The van der Waals surface area contributed by atoms with Crippen molar-refractivity contribution in [1.29, 1.82) is 0 Å². The molecule has 0 aliphatic rings. The molecule has 0 saturated heterocycles. The van der Waals surface area contributed by atoms with Gasteiger partial charge in [0.2, 0.25) is 0 Å². The average molecular weight is 353 g/mol. The quantitative estimate of drug-likeness (QED) is 0.692. The molecular formula is C21H23NO4. The third-order valence-electron chi connectivity index (χ3n) is 4.75. The van der Waals surface area contributed by atoms with E-state index in [0.717, 1.165) is 16.3 Å². The van der Waals surface area contributed by atoms with Crippen molar-refractivity contribution in [2.75, 3.05) is 7.11 Å². The van der Waals surface area contributed by atoms with Gasteiger partial charge in [-0.25, -0.2) is 4.79 Å². The van der Waals surface area contributed by atoms with Gasteiger partial charge in [0.1, 0.15) is 11.3 Å². The summed E-state index contributed by atoms with van der Waals surface area (Å²) in [6.45, 7) is 5.94. The van der Waals surface area contributed by atoms with E-state index in [2.05, 4.69) is 5.32 Å². The van der Waals surface area contributed by atoms with Crippen LogP contribution in [0.15, 0.2) is 59.0 Å². The van der Waals surface area contributed by atoms with Gasteiger partial charge in [0.05, 0.1) is 7.11 Å². The highest BCUT2D eigenvalue weighted by atomic mass is 16.6. The second-order valence-corrected chi connectivity index (χ2v) is 7.31. The predicted octanol–water partition coefficient (Wildman–Crippen LogP) is 5.00. The fourth-order valence-electron chi connectivity index (χ4n) is 3.48. The molecule has 0 fully saturated rings. The van der Waals surface area contributed by atoms with Crippen LogP contribution in [0.25, 0.3) is 10.8 Å². The zero-order valence-electron chi connectivity index (χ0n) is 15.4. The summed E-state index contributed by atoms with van der Waals surface area (Å²) in [5.74, 6) is 0.820. The molecule has 0 bridgehead atoms. The van der Waals surface area contributed by atoms with Gasteiger partial charge in [-0.15, -0.1) is 0 Å². The van der Waals surface area contributed by atoms with Crippen LogP contribution in [0.3, 0.4) is 0 Å². The number of hydrogen-bond acceptors (Lipinski definition) is 3. The molecule has 1 atom stereocenters. The van der Waals surface area contributed by atoms with E-state index >= 15 is 0 Å². The molecule has 1 amide bonds. The van der Waals surface area contributed by atoms with Crippen LogP contribution in [0, 0.1) is 5.41 Å². The SMILES string of the molecule is COc1ccc(C(NC(=O)O)(c2ccc3ccccc3c2)C(C)(C)C)o1. The molecule has 0 aliphatic heterocycles. The van der Waals surface area contributed by atoms with E-state index in [1.54, 1.807) is 12.1 Å². The molecule has 136 valence electrons. The fourth-order valence-corrected chi connectivity index (χ4v) is 3.48. The molecular weight excluding hydrogens is 330 g/mol. The van der Waals surface area contributed by atoms with E-state index in [4.69, 9.17) is 9.15 Å². The van der Waals surface area contributed by atoms with Crippen LogP contribution in [-0.4, -0.2) is 18.3 Å². The Balaban J connectivity index is 2.31. The highest BCUT2D eigenvalue weighted by Crippen LogP contribution is 2.46. The Bertz CT molecular complexity index is 938. The molecule has 1 aromatic heterocycles. The molecule has 0 saturated carbocycles. The largest absolute Gasteiger partial charge is 0.468 e. The van der Waals surface area contributed by atoms with E-state index in [1.165, 1.54) is 7.11 Å². The lowest BCUT2D eigenvalue weighted by Crippen LogP contribution is -2.54. The summed E-state index contributed by atoms with van der Waals surface area (Å²) in [5.41, 5.74) is -0.792. The van der Waals surface area contributed by atoms with Crippen molar-refractivity contribution in [2.45, 2.75) is 26.3 Å². The van der Waals surface area contributed by atoms with Gasteiger partial charge in [0.25, 0.3) is 5.95 Å². The summed E-state index contributed by atoms with van der Waals surface area (Å²) in [4.78, 5) is 11.8. The molecule has 5 heteroatoms. The van der Waals surface area contributed by atoms with Crippen LogP contribution in [0.4, 0.5) is 4.79 Å². The molecule has 26 heavy (non-hydrogen) atoms. The number of nitrogens with one attached hydrogen (secondary N) is 1. The topological polar surface area (TPSA) is 71.7 Å². The second kappa shape index (κ2) is 6.41. The van der Waals surface area contributed by atoms with E-state index in [1.807, 2.05) is 63.2 Å². The van der Waals surface area contributed by atoms with Crippen LogP contribution in [0.5, 0.6) is 5.95 Å². The van der Waals surface area contributed by atoms with Gasteiger partial charge < -0.3 is 19.6 Å². The first-order valence-electron chi connectivity index (χ1n) is 8.42. The molecule has 0 aliphatic carbocycles. The van der Waals surface area contributed by atoms with E-state index < -0.39 is 17.0 Å². The number of benzene rings is 2. The number of methoxy groups -OCH3 is 1. The molecule has 3 rings (SSSR count). The zero-order valence-corrected chi connectivity index (χ0v) is 15.4. The summed E-state index contributed by atoms with van der Waals surface area (Å²) in [6.07, 6.45) is -1.12. The zero-order chi connectivity index (χ0) is 18.9. The Hall–Kier alpha value is -2.95. The molecule has 0 spiro atoms. The Morgan fingerprint density at radius 3 is 2.31 bits per heavy atom. The summed E-state index contributed by atoms with van der Waals surface area (Å²) < 4.78 is 11.0. The minimum absolute atomic E-state index is 0.335. The number of carboxylic acid groups (broad SMARTS) is 1. The number of ether oxygens (including phenoxy) is 1. The van der Waals surface area contributed by atoms with Crippen molar-refractivity contribution in [3.8, 4) is 5.95 Å². The lowest BCUT2D eigenvalue weighted by Gasteiger charge is -2.43. The first-order chi connectivity index (χ1) is 12.3. The van der Waals surface area contributed by atoms with Gasteiger partial charge in [-0.1, -0.05) is 57.2 Å². The fraction of sp³-hybridized carbons (Fsp3) is 0.286. The third kappa shape index (κ3) is 2.90. The highest BCUT2D eigenvalue weighted by molar-refractivity contribution is 5.83. The Morgan fingerprint density at radius 2 is 1.73 bits per heavy atom. The van der Waals surface area contributed by atoms with Crippen LogP contribution in [0.2, 0.25) is 0 Å². The third-order valence-corrected chi connectivity index (χ3v) is 4.75. The summed E-state index contributed by atoms with van der Waals surface area (Å²) in [6, 6.07) is 17.4. The molecule has 0 radical (unpaired) electrons. The van der Waals surface area contributed by atoms with E-state index in [0.29, 0.717) is 11.7 Å². The van der Waals surface area contributed by atoms with E-state index in [-0.39, 0.29) is 0 Å². The van der Waals surface area contributed by atoms with Gasteiger partial charge in [-0.05, 0) is 33.9 Å². The smallest absolute Gasteiger partial charge is 0.405 e. The number of hydrogen-bond donors (Lipinski definition) is 2. The second-order valence-electron chi connectivity index (χ2n) is 7.31. The minimum Gasteiger partial charge on any atom is -0.468 e. The molecule has 3 aromatic rings. The van der Waals surface area contributed by atoms with Gasteiger partial charge in [0, 0.05) is 6.07 Å². The van der Waals surface area contributed by atoms with Crippen molar-refractivity contribution in [3.63, 3.8) is 0 Å².